The van der Waals surface area contributed by atoms with Gasteiger partial charge in [-0.3, -0.25) is 15.1 Å². The van der Waals surface area contributed by atoms with Crippen LogP contribution in [0.5, 0.6) is 11.5 Å². The summed E-state index contributed by atoms with van der Waals surface area (Å²) in [6, 6.07) is 18.2. The third-order valence-electron chi connectivity index (χ3n) is 5.62. The number of benzene rings is 3. The van der Waals surface area contributed by atoms with Gasteiger partial charge in [0.05, 0.1) is 35.9 Å². The molecule has 0 spiro atoms. The van der Waals surface area contributed by atoms with Gasteiger partial charge in [-0.15, -0.1) is 0 Å². The molecule has 8 heteroatoms. The second-order valence-electron chi connectivity index (χ2n) is 7.65. The summed E-state index contributed by atoms with van der Waals surface area (Å²) in [5.74, 6) is 1.13. The van der Waals surface area contributed by atoms with Crippen LogP contribution in [0.1, 0.15) is 5.56 Å². The Bertz CT molecular complexity index is 1520. The molecule has 0 radical (unpaired) electrons. The quantitative estimate of drug-likeness (QED) is 0.266. The van der Waals surface area contributed by atoms with Crippen LogP contribution in [0, 0.1) is 17.0 Å². The average Bonchev–Trinajstić information content (AvgIpc) is 3.23. The fraction of sp³-hybridized carbons (Fsp3) is 0.120. The summed E-state index contributed by atoms with van der Waals surface area (Å²) in [6.07, 6.45) is 1.78. The molecule has 0 saturated carbocycles. The first-order valence-electron chi connectivity index (χ1n) is 10.3. The number of ether oxygens (including phenoxy) is 2. The number of nitro groups is 1. The van der Waals surface area contributed by atoms with Crippen LogP contribution in [-0.4, -0.2) is 33.9 Å². The summed E-state index contributed by atoms with van der Waals surface area (Å²) in [4.78, 5) is 15.6. The molecule has 0 aliphatic rings. The summed E-state index contributed by atoms with van der Waals surface area (Å²) in [5, 5.41) is 17.9. The monoisotopic (exact) mass is 440 g/mol. The minimum absolute atomic E-state index is 0.00866. The number of pyridine rings is 1. The molecule has 164 valence electrons. The Hall–Kier alpha value is -4.46. The Balaban J connectivity index is 1.89. The first kappa shape index (κ1) is 20.4. The minimum Gasteiger partial charge on any atom is -0.493 e. The van der Waals surface area contributed by atoms with Crippen molar-refractivity contribution in [3.8, 4) is 28.4 Å². The van der Waals surface area contributed by atoms with Gasteiger partial charge in [0.1, 0.15) is 5.69 Å². The van der Waals surface area contributed by atoms with Crippen LogP contribution < -0.4 is 9.47 Å². The van der Waals surface area contributed by atoms with Gasteiger partial charge in [-0.1, -0.05) is 35.9 Å². The smallest absolute Gasteiger partial charge is 0.271 e. The number of aromatic nitrogens is 3. The third kappa shape index (κ3) is 3.41. The minimum atomic E-state index is -0.413. The summed E-state index contributed by atoms with van der Waals surface area (Å²) >= 11 is 0. The standard InChI is InChI=1S/C25H20N4O4/c1-15-7-9-16(10-8-15)24-20-14-26-21-13-23(33-3)22(32-2)12-19(21)25(20)28(27-24)17-5-4-6-18(11-17)29(30)31/h4-14H,1-3H3. The maximum absolute atomic E-state index is 11.4. The first-order valence-corrected chi connectivity index (χ1v) is 10.3. The van der Waals surface area contributed by atoms with Crippen molar-refractivity contribution in [1.29, 1.82) is 0 Å². The predicted molar refractivity (Wildman–Crippen MR) is 126 cm³/mol. The molecule has 5 aromatic rings. The van der Waals surface area contributed by atoms with E-state index >= 15 is 0 Å². The molecule has 3 aromatic carbocycles. The largest absolute Gasteiger partial charge is 0.493 e. The molecule has 2 aromatic heterocycles. The van der Waals surface area contributed by atoms with E-state index in [0.29, 0.717) is 22.7 Å². The van der Waals surface area contributed by atoms with E-state index in [1.165, 1.54) is 12.1 Å². The van der Waals surface area contributed by atoms with Crippen LogP contribution in [-0.2, 0) is 0 Å². The van der Waals surface area contributed by atoms with Crippen LogP contribution >= 0.6 is 0 Å². The van der Waals surface area contributed by atoms with Crippen LogP contribution in [0.25, 0.3) is 38.8 Å². The fourth-order valence-electron chi connectivity index (χ4n) is 3.96. The zero-order valence-corrected chi connectivity index (χ0v) is 18.3. The van der Waals surface area contributed by atoms with Gasteiger partial charge >= 0.3 is 0 Å². The second kappa shape index (κ2) is 7.90. The van der Waals surface area contributed by atoms with Crippen molar-refractivity contribution in [1.82, 2.24) is 14.8 Å². The SMILES string of the molecule is COc1cc2ncc3c(-c4ccc(C)cc4)nn(-c4cccc([N+](=O)[O-])c4)c3c2cc1OC. The van der Waals surface area contributed by atoms with Crippen molar-refractivity contribution in [2.45, 2.75) is 6.92 Å². The van der Waals surface area contributed by atoms with Crippen molar-refractivity contribution in [2.75, 3.05) is 14.2 Å². The number of nitrogens with zero attached hydrogens (tertiary/aromatic N) is 4. The molecule has 0 saturated heterocycles. The number of nitro benzene ring substituents is 1. The second-order valence-corrected chi connectivity index (χ2v) is 7.65. The maximum atomic E-state index is 11.4. The number of hydrogen-bond acceptors (Lipinski definition) is 6. The van der Waals surface area contributed by atoms with Crippen LogP contribution in [0.3, 0.4) is 0 Å². The molecule has 33 heavy (non-hydrogen) atoms. The van der Waals surface area contributed by atoms with E-state index < -0.39 is 4.92 Å². The van der Waals surface area contributed by atoms with Crippen molar-refractivity contribution in [3.63, 3.8) is 0 Å². The molecule has 0 atom stereocenters. The zero-order valence-electron chi connectivity index (χ0n) is 18.3. The lowest BCUT2D eigenvalue weighted by Crippen LogP contribution is -1.99. The lowest BCUT2D eigenvalue weighted by atomic mass is 10.1. The fourth-order valence-corrected chi connectivity index (χ4v) is 3.96. The molecule has 0 aliphatic carbocycles. The van der Waals surface area contributed by atoms with Crippen LogP contribution in [0.2, 0.25) is 0 Å². The van der Waals surface area contributed by atoms with Gasteiger partial charge < -0.3 is 9.47 Å². The maximum Gasteiger partial charge on any atom is 0.271 e. The summed E-state index contributed by atoms with van der Waals surface area (Å²) < 4.78 is 12.7. The summed E-state index contributed by atoms with van der Waals surface area (Å²) in [7, 11) is 3.15. The van der Waals surface area contributed by atoms with Gasteiger partial charge in [0, 0.05) is 40.7 Å². The Morgan fingerprint density at radius 3 is 2.36 bits per heavy atom. The highest BCUT2D eigenvalue weighted by Gasteiger charge is 2.20. The number of methoxy groups -OCH3 is 2. The van der Waals surface area contributed by atoms with Crippen molar-refractivity contribution in [2.24, 2.45) is 0 Å². The molecule has 0 aliphatic heterocycles. The Labute approximate surface area is 189 Å². The van der Waals surface area contributed by atoms with Crippen LogP contribution in [0.15, 0.2) is 66.9 Å². The first-order chi connectivity index (χ1) is 16.0. The number of fused-ring (bicyclic) bond motifs is 3. The van der Waals surface area contributed by atoms with E-state index in [4.69, 9.17) is 14.6 Å². The molecule has 0 N–H and O–H groups in total. The Morgan fingerprint density at radius 1 is 0.939 bits per heavy atom. The molecule has 0 fully saturated rings. The third-order valence-corrected chi connectivity index (χ3v) is 5.62. The molecule has 0 unspecified atom stereocenters. The number of rotatable bonds is 5. The molecule has 2 heterocycles. The predicted octanol–water partition coefficient (Wildman–Crippen LogP) is 5.47. The summed E-state index contributed by atoms with van der Waals surface area (Å²) in [6.45, 7) is 2.03. The van der Waals surface area contributed by atoms with E-state index in [1.807, 2.05) is 43.3 Å². The van der Waals surface area contributed by atoms with E-state index in [2.05, 4.69) is 4.98 Å². The average molecular weight is 440 g/mol. The van der Waals surface area contributed by atoms with E-state index in [1.54, 1.807) is 37.2 Å². The van der Waals surface area contributed by atoms with Gasteiger partial charge in [-0.2, -0.15) is 5.10 Å². The Kier molecular flexibility index (Phi) is 4.90. The van der Waals surface area contributed by atoms with Gasteiger partial charge in [0.15, 0.2) is 11.5 Å². The Morgan fingerprint density at radius 2 is 1.67 bits per heavy atom. The lowest BCUT2D eigenvalue weighted by molar-refractivity contribution is -0.384. The normalized spacial score (nSPS) is 11.1. The van der Waals surface area contributed by atoms with E-state index in [0.717, 1.165) is 33.1 Å². The highest BCUT2D eigenvalue weighted by atomic mass is 16.6. The highest BCUT2D eigenvalue weighted by molar-refractivity contribution is 6.09. The molecule has 8 nitrogen and oxygen atoms in total. The molecule has 0 amide bonds. The van der Waals surface area contributed by atoms with Gasteiger partial charge in [-0.05, 0) is 19.1 Å². The number of non-ortho nitro benzene ring substituents is 1. The van der Waals surface area contributed by atoms with E-state index in [-0.39, 0.29) is 5.69 Å². The molecular formula is C25H20N4O4. The number of aryl methyl sites for hydroxylation is 1. The van der Waals surface area contributed by atoms with Gasteiger partial charge in [-0.25, -0.2) is 4.68 Å². The topological polar surface area (TPSA) is 92.3 Å². The van der Waals surface area contributed by atoms with Gasteiger partial charge in [0.2, 0.25) is 0 Å². The molecular weight excluding hydrogens is 420 g/mol. The highest BCUT2D eigenvalue weighted by Crippen LogP contribution is 2.38. The van der Waals surface area contributed by atoms with Crippen molar-refractivity contribution >= 4 is 27.5 Å². The van der Waals surface area contributed by atoms with E-state index in [9.17, 15) is 10.1 Å². The lowest BCUT2D eigenvalue weighted by Gasteiger charge is -2.10. The molecule has 5 rings (SSSR count). The van der Waals surface area contributed by atoms with Crippen molar-refractivity contribution < 1.29 is 14.4 Å². The summed E-state index contributed by atoms with van der Waals surface area (Å²) in [5.41, 5.74) is 4.85. The zero-order chi connectivity index (χ0) is 23.1. The molecule has 0 bridgehead atoms. The van der Waals surface area contributed by atoms with Gasteiger partial charge in [0.25, 0.3) is 5.69 Å². The van der Waals surface area contributed by atoms with Crippen LogP contribution in [0.4, 0.5) is 5.69 Å². The number of hydrogen-bond donors (Lipinski definition) is 0. The van der Waals surface area contributed by atoms with Crippen molar-refractivity contribution in [3.05, 3.63) is 82.5 Å².